The zero-order valence-electron chi connectivity index (χ0n) is 10.2. The number of anilines is 2. The molecule has 0 atom stereocenters. The van der Waals surface area contributed by atoms with Crippen molar-refractivity contribution in [3.05, 3.63) is 24.3 Å². The summed E-state index contributed by atoms with van der Waals surface area (Å²) in [6.45, 7) is 5.56. The molecule has 0 unspecified atom stereocenters. The predicted molar refractivity (Wildman–Crippen MR) is 71.3 cm³/mol. The Morgan fingerprint density at radius 3 is 2.19 bits per heavy atom. The maximum atomic E-state index is 3.33. The molecule has 0 bridgehead atoms. The number of rotatable bonds is 3. The normalized spacial score (nSPS) is 16.9. The van der Waals surface area contributed by atoms with Crippen LogP contribution in [0.2, 0.25) is 0 Å². The van der Waals surface area contributed by atoms with Gasteiger partial charge in [-0.15, -0.1) is 0 Å². The minimum atomic E-state index is 0.989. The third kappa shape index (κ3) is 2.91. The summed E-state index contributed by atoms with van der Waals surface area (Å²) in [5, 5.41) is 3.33. The molecule has 1 fully saturated rings. The molecule has 2 rings (SSSR count). The molecule has 0 aromatic heterocycles. The van der Waals surface area contributed by atoms with E-state index in [1.807, 2.05) is 0 Å². The molecule has 2 heteroatoms. The van der Waals surface area contributed by atoms with Crippen molar-refractivity contribution in [2.45, 2.75) is 32.6 Å². The Bertz CT molecular complexity index is 297. The lowest BCUT2D eigenvalue weighted by molar-refractivity contribution is 0.726. The minimum Gasteiger partial charge on any atom is -0.385 e. The van der Waals surface area contributed by atoms with E-state index in [4.69, 9.17) is 0 Å². The summed E-state index contributed by atoms with van der Waals surface area (Å²) < 4.78 is 0. The quantitative estimate of drug-likeness (QED) is 0.835. The van der Waals surface area contributed by atoms with Gasteiger partial charge in [-0.3, -0.25) is 0 Å². The Balaban J connectivity index is 2.01. The van der Waals surface area contributed by atoms with Crippen molar-refractivity contribution in [1.29, 1.82) is 0 Å². The molecule has 0 spiro atoms. The van der Waals surface area contributed by atoms with Gasteiger partial charge in [0.1, 0.15) is 0 Å². The first-order valence-electron chi connectivity index (χ1n) is 6.49. The van der Waals surface area contributed by atoms with E-state index < -0.39 is 0 Å². The summed E-state index contributed by atoms with van der Waals surface area (Å²) in [5.74, 6) is 0. The predicted octanol–water partition coefficient (Wildman–Crippen LogP) is 3.50. The second kappa shape index (κ2) is 5.78. The van der Waals surface area contributed by atoms with Gasteiger partial charge >= 0.3 is 0 Å². The average molecular weight is 218 g/mol. The van der Waals surface area contributed by atoms with Crippen LogP contribution in [-0.2, 0) is 0 Å². The molecule has 16 heavy (non-hydrogen) atoms. The summed E-state index contributed by atoms with van der Waals surface area (Å²) in [7, 11) is 0. The fourth-order valence-electron chi connectivity index (χ4n) is 2.32. The van der Waals surface area contributed by atoms with Gasteiger partial charge in [-0.05, 0) is 44.0 Å². The third-order valence-corrected chi connectivity index (χ3v) is 3.22. The highest BCUT2D eigenvalue weighted by molar-refractivity contribution is 5.55. The van der Waals surface area contributed by atoms with Crippen molar-refractivity contribution in [3.8, 4) is 0 Å². The molecule has 0 radical (unpaired) electrons. The number of nitrogens with zero attached hydrogens (tertiary/aromatic N) is 1. The van der Waals surface area contributed by atoms with Gasteiger partial charge in [0.2, 0.25) is 0 Å². The number of benzene rings is 1. The molecular weight excluding hydrogens is 196 g/mol. The lowest BCUT2D eigenvalue weighted by Crippen LogP contribution is -2.23. The van der Waals surface area contributed by atoms with Crippen molar-refractivity contribution in [3.63, 3.8) is 0 Å². The molecular formula is C14H22N2. The van der Waals surface area contributed by atoms with Crippen molar-refractivity contribution in [2.24, 2.45) is 0 Å². The lowest BCUT2D eigenvalue weighted by atomic mass is 10.2. The molecule has 1 aromatic carbocycles. The first kappa shape index (κ1) is 11.3. The van der Waals surface area contributed by atoms with E-state index in [9.17, 15) is 0 Å². The van der Waals surface area contributed by atoms with Crippen LogP contribution in [0.4, 0.5) is 11.4 Å². The summed E-state index contributed by atoms with van der Waals surface area (Å²) in [5.41, 5.74) is 2.60. The molecule has 1 aliphatic rings. The number of nitrogens with one attached hydrogen (secondary N) is 1. The van der Waals surface area contributed by atoms with Crippen molar-refractivity contribution in [2.75, 3.05) is 29.9 Å². The van der Waals surface area contributed by atoms with Crippen LogP contribution >= 0.6 is 0 Å². The molecule has 1 saturated heterocycles. The number of hydrogen-bond acceptors (Lipinski definition) is 2. The summed E-state index contributed by atoms with van der Waals surface area (Å²) in [4.78, 5) is 2.52. The molecule has 1 aromatic rings. The third-order valence-electron chi connectivity index (χ3n) is 3.22. The highest BCUT2D eigenvalue weighted by Gasteiger charge is 2.09. The monoisotopic (exact) mass is 218 g/mol. The van der Waals surface area contributed by atoms with E-state index in [0.29, 0.717) is 0 Å². The second-order valence-corrected chi connectivity index (χ2v) is 4.48. The van der Waals surface area contributed by atoms with Crippen molar-refractivity contribution >= 4 is 11.4 Å². The summed E-state index contributed by atoms with van der Waals surface area (Å²) >= 11 is 0. The highest BCUT2D eigenvalue weighted by Crippen LogP contribution is 2.21. The van der Waals surface area contributed by atoms with E-state index in [0.717, 1.165) is 6.54 Å². The maximum Gasteiger partial charge on any atom is 0.0367 e. The van der Waals surface area contributed by atoms with Crippen LogP contribution in [0, 0.1) is 0 Å². The van der Waals surface area contributed by atoms with Crippen LogP contribution in [0.25, 0.3) is 0 Å². The number of hydrogen-bond donors (Lipinski definition) is 1. The molecule has 1 aliphatic heterocycles. The minimum absolute atomic E-state index is 0.989. The molecule has 88 valence electrons. The van der Waals surface area contributed by atoms with E-state index in [2.05, 4.69) is 41.4 Å². The van der Waals surface area contributed by atoms with Gasteiger partial charge in [0.05, 0.1) is 0 Å². The molecule has 1 heterocycles. The smallest absolute Gasteiger partial charge is 0.0367 e. The molecule has 0 amide bonds. The van der Waals surface area contributed by atoms with Crippen LogP contribution in [0.5, 0.6) is 0 Å². The van der Waals surface area contributed by atoms with Gasteiger partial charge in [-0.1, -0.05) is 12.8 Å². The van der Waals surface area contributed by atoms with Gasteiger partial charge in [0.15, 0.2) is 0 Å². The van der Waals surface area contributed by atoms with Crippen molar-refractivity contribution < 1.29 is 0 Å². The average Bonchev–Trinajstić information content (AvgIpc) is 2.59. The summed E-state index contributed by atoms with van der Waals surface area (Å²) in [6.07, 6.45) is 5.47. The van der Waals surface area contributed by atoms with Crippen LogP contribution < -0.4 is 10.2 Å². The second-order valence-electron chi connectivity index (χ2n) is 4.48. The van der Waals surface area contributed by atoms with Gasteiger partial charge in [-0.2, -0.15) is 0 Å². The Morgan fingerprint density at radius 2 is 1.62 bits per heavy atom. The van der Waals surface area contributed by atoms with Gasteiger partial charge in [0.25, 0.3) is 0 Å². The lowest BCUT2D eigenvalue weighted by Gasteiger charge is -2.22. The molecule has 0 saturated carbocycles. The van der Waals surface area contributed by atoms with Crippen LogP contribution in [0.3, 0.4) is 0 Å². The van der Waals surface area contributed by atoms with E-state index in [-0.39, 0.29) is 0 Å². The molecule has 1 N–H and O–H groups in total. The fourth-order valence-corrected chi connectivity index (χ4v) is 2.32. The van der Waals surface area contributed by atoms with Gasteiger partial charge < -0.3 is 10.2 Å². The van der Waals surface area contributed by atoms with Gasteiger partial charge in [0, 0.05) is 31.0 Å². The maximum absolute atomic E-state index is 3.33. The Morgan fingerprint density at radius 1 is 1.00 bits per heavy atom. The first-order valence-corrected chi connectivity index (χ1v) is 6.49. The van der Waals surface area contributed by atoms with E-state index in [1.165, 1.54) is 50.1 Å². The SMILES string of the molecule is CCNc1ccc(N2CCCCCC2)cc1. The Hall–Kier alpha value is -1.18. The zero-order valence-corrected chi connectivity index (χ0v) is 10.2. The summed E-state index contributed by atoms with van der Waals surface area (Å²) in [6, 6.07) is 8.85. The van der Waals surface area contributed by atoms with E-state index in [1.54, 1.807) is 0 Å². The first-order chi connectivity index (χ1) is 7.90. The highest BCUT2D eigenvalue weighted by atomic mass is 15.1. The Kier molecular flexibility index (Phi) is 4.09. The van der Waals surface area contributed by atoms with Crippen LogP contribution in [0.1, 0.15) is 32.6 Å². The topological polar surface area (TPSA) is 15.3 Å². The fraction of sp³-hybridized carbons (Fsp3) is 0.571. The largest absolute Gasteiger partial charge is 0.385 e. The standard InChI is InChI=1S/C14H22N2/c1-2-15-13-7-9-14(10-8-13)16-11-5-3-4-6-12-16/h7-10,15H,2-6,11-12H2,1H3. The molecule has 0 aliphatic carbocycles. The zero-order chi connectivity index (χ0) is 11.2. The van der Waals surface area contributed by atoms with Gasteiger partial charge in [-0.25, -0.2) is 0 Å². The molecule has 2 nitrogen and oxygen atoms in total. The van der Waals surface area contributed by atoms with Crippen LogP contribution in [-0.4, -0.2) is 19.6 Å². The van der Waals surface area contributed by atoms with E-state index >= 15 is 0 Å². The van der Waals surface area contributed by atoms with Crippen molar-refractivity contribution in [1.82, 2.24) is 0 Å². The Labute approximate surface area is 98.7 Å². The van der Waals surface area contributed by atoms with Crippen LogP contribution in [0.15, 0.2) is 24.3 Å².